The molecule has 0 aliphatic rings. The minimum absolute atomic E-state index is 0.0935. The van der Waals surface area contributed by atoms with Gasteiger partial charge >= 0.3 is 11.7 Å². The van der Waals surface area contributed by atoms with Gasteiger partial charge in [0.15, 0.2) is 5.69 Å². The summed E-state index contributed by atoms with van der Waals surface area (Å²) >= 11 is 0. The molecule has 1 atom stereocenters. The third-order valence-corrected chi connectivity index (χ3v) is 3.15. The summed E-state index contributed by atoms with van der Waals surface area (Å²) in [6.45, 7) is 3.54. The zero-order valence-corrected chi connectivity index (χ0v) is 11.3. The predicted molar refractivity (Wildman–Crippen MR) is 71.9 cm³/mol. The molecule has 0 aromatic carbocycles. The summed E-state index contributed by atoms with van der Waals surface area (Å²) in [5, 5.41) is 31.8. The highest BCUT2D eigenvalue weighted by Crippen LogP contribution is 2.28. The molecule has 0 amide bonds. The Morgan fingerprint density at radius 1 is 1.55 bits per heavy atom. The molecule has 0 radical (unpaired) electrons. The molecule has 1 aromatic rings. The lowest BCUT2D eigenvalue weighted by molar-refractivity contribution is -0.384. The van der Waals surface area contributed by atoms with Gasteiger partial charge in [-0.3, -0.25) is 10.1 Å². The Bertz CT molecular complexity index is 520. The summed E-state index contributed by atoms with van der Waals surface area (Å²) in [7, 11) is 0. The van der Waals surface area contributed by atoms with Crippen molar-refractivity contribution in [2.24, 2.45) is 0 Å². The summed E-state index contributed by atoms with van der Waals surface area (Å²) in [4.78, 5) is 25.0. The van der Waals surface area contributed by atoms with Crippen LogP contribution < -0.4 is 5.32 Å². The van der Waals surface area contributed by atoms with Crippen molar-refractivity contribution in [3.8, 4) is 0 Å². The average Bonchev–Trinajstić information content (AvgIpc) is 2.38. The molecular weight excluding hydrogens is 266 g/mol. The summed E-state index contributed by atoms with van der Waals surface area (Å²) < 4.78 is 0. The van der Waals surface area contributed by atoms with Gasteiger partial charge in [-0.2, -0.15) is 0 Å². The lowest BCUT2D eigenvalue weighted by Gasteiger charge is -2.29. The van der Waals surface area contributed by atoms with E-state index in [9.17, 15) is 14.9 Å². The summed E-state index contributed by atoms with van der Waals surface area (Å²) in [5.74, 6) is -1.36. The molecule has 1 unspecified atom stereocenters. The fourth-order valence-electron chi connectivity index (χ4n) is 1.67. The molecule has 110 valence electrons. The van der Waals surface area contributed by atoms with Gasteiger partial charge in [-0.25, -0.2) is 9.78 Å². The number of carbonyl (C=O) groups is 1. The quantitative estimate of drug-likeness (QED) is 0.513. The van der Waals surface area contributed by atoms with Crippen molar-refractivity contribution in [3.63, 3.8) is 0 Å². The van der Waals surface area contributed by atoms with E-state index in [-0.39, 0.29) is 23.8 Å². The molecule has 0 aliphatic heterocycles. The molecule has 1 heterocycles. The monoisotopic (exact) mass is 283 g/mol. The third-order valence-electron chi connectivity index (χ3n) is 3.15. The zero-order chi connectivity index (χ0) is 15.3. The number of rotatable bonds is 7. The van der Waals surface area contributed by atoms with Crippen LogP contribution in [0.3, 0.4) is 0 Å². The molecular formula is C12H17N3O5. The van der Waals surface area contributed by atoms with Crippen molar-refractivity contribution in [2.75, 3.05) is 11.9 Å². The number of carboxylic acids is 1. The van der Waals surface area contributed by atoms with Gasteiger partial charge in [-0.15, -0.1) is 0 Å². The number of aliphatic hydroxyl groups is 1. The maximum atomic E-state index is 11.0. The number of pyridine rings is 1. The highest BCUT2D eigenvalue weighted by molar-refractivity contribution is 5.86. The molecule has 0 aliphatic carbocycles. The van der Waals surface area contributed by atoms with E-state index in [2.05, 4.69) is 10.3 Å². The van der Waals surface area contributed by atoms with Gasteiger partial charge in [-0.1, -0.05) is 6.92 Å². The number of anilines is 1. The molecule has 0 bridgehead atoms. The van der Waals surface area contributed by atoms with Crippen molar-refractivity contribution in [2.45, 2.75) is 32.2 Å². The van der Waals surface area contributed by atoms with Crippen LogP contribution in [0, 0.1) is 10.1 Å². The van der Waals surface area contributed by atoms with Crippen molar-refractivity contribution in [1.82, 2.24) is 4.98 Å². The van der Waals surface area contributed by atoms with Crippen LogP contribution in [0.5, 0.6) is 0 Å². The first-order valence-corrected chi connectivity index (χ1v) is 6.10. The van der Waals surface area contributed by atoms with E-state index in [0.717, 1.165) is 12.1 Å². The number of hydrogen-bond acceptors (Lipinski definition) is 6. The van der Waals surface area contributed by atoms with Crippen molar-refractivity contribution in [1.29, 1.82) is 0 Å². The number of nitrogens with one attached hydrogen (secondary N) is 1. The van der Waals surface area contributed by atoms with Gasteiger partial charge < -0.3 is 15.5 Å². The third kappa shape index (κ3) is 3.64. The van der Waals surface area contributed by atoms with Gasteiger partial charge in [0.25, 0.3) is 0 Å². The molecule has 8 heteroatoms. The van der Waals surface area contributed by atoms with Gasteiger partial charge in [0.05, 0.1) is 4.92 Å². The minimum atomic E-state index is -1.26. The number of aromatic nitrogens is 1. The van der Waals surface area contributed by atoms with Crippen LogP contribution in [0.1, 0.15) is 37.2 Å². The fraction of sp³-hybridized carbons (Fsp3) is 0.500. The number of hydrogen-bond donors (Lipinski definition) is 3. The fourth-order valence-corrected chi connectivity index (χ4v) is 1.67. The van der Waals surface area contributed by atoms with Gasteiger partial charge in [0.2, 0.25) is 5.82 Å². The molecule has 1 aromatic heterocycles. The van der Waals surface area contributed by atoms with Crippen LogP contribution in [0.2, 0.25) is 0 Å². The number of carboxylic acid groups (broad SMARTS) is 1. The van der Waals surface area contributed by atoms with Gasteiger partial charge in [0.1, 0.15) is 0 Å². The van der Waals surface area contributed by atoms with Crippen molar-refractivity contribution >= 4 is 17.5 Å². The highest BCUT2D eigenvalue weighted by Gasteiger charge is 2.27. The highest BCUT2D eigenvalue weighted by atomic mass is 16.6. The normalized spacial score (nSPS) is 13.6. The Morgan fingerprint density at radius 2 is 2.20 bits per heavy atom. The van der Waals surface area contributed by atoms with E-state index >= 15 is 0 Å². The number of aromatic carboxylic acids is 1. The average molecular weight is 283 g/mol. The first-order chi connectivity index (χ1) is 9.33. The number of aliphatic hydroxyl groups excluding tert-OH is 1. The topological polar surface area (TPSA) is 126 Å². The SMILES string of the molecule is CCC(C)(CCO)Nc1nc(C(=O)O)ccc1[N+](=O)[O-]. The van der Waals surface area contributed by atoms with Crippen LogP contribution in [0.4, 0.5) is 11.5 Å². The van der Waals surface area contributed by atoms with E-state index in [4.69, 9.17) is 10.2 Å². The van der Waals surface area contributed by atoms with Gasteiger partial charge in [0, 0.05) is 18.2 Å². The molecule has 1 rings (SSSR count). The van der Waals surface area contributed by atoms with Crippen molar-refractivity contribution < 1.29 is 19.9 Å². The van der Waals surface area contributed by atoms with Crippen LogP contribution in [-0.2, 0) is 0 Å². The second-order valence-electron chi connectivity index (χ2n) is 4.64. The Kier molecular flexibility index (Phi) is 4.98. The van der Waals surface area contributed by atoms with Crippen LogP contribution in [0.15, 0.2) is 12.1 Å². The molecule has 0 spiro atoms. The lowest BCUT2D eigenvalue weighted by atomic mass is 9.95. The second-order valence-corrected chi connectivity index (χ2v) is 4.64. The summed E-state index contributed by atoms with van der Waals surface area (Å²) in [5.41, 5.74) is -1.18. The Morgan fingerprint density at radius 3 is 2.65 bits per heavy atom. The maximum absolute atomic E-state index is 11.0. The summed E-state index contributed by atoms with van der Waals surface area (Å²) in [6, 6.07) is 2.19. The van der Waals surface area contributed by atoms with E-state index < -0.39 is 16.4 Å². The first-order valence-electron chi connectivity index (χ1n) is 6.10. The van der Waals surface area contributed by atoms with Crippen LogP contribution in [0.25, 0.3) is 0 Å². The standard InChI is InChI=1S/C12H17N3O5/c1-3-12(2,6-7-16)14-10-9(15(19)20)5-4-8(13-10)11(17)18/h4-5,16H,3,6-7H2,1-2H3,(H,13,14)(H,17,18). The minimum Gasteiger partial charge on any atom is -0.477 e. The zero-order valence-electron chi connectivity index (χ0n) is 11.3. The Balaban J connectivity index is 3.22. The molecule has 20 heavy (non-hydrogen) atoms. The molecule has 8 nitrogen and oxygen atoms in total. The van der Waals surface area contributed by atoms with Crippen LogP contribution in [-0.4, -0.2) is 38.2 Å². The van der Waals surface area contributed by atoms with E-state index in [0.29, 0.717) is 12.8 Å². The summed E-state index contributed by atoms with van der Waals surface area (Å²) in [6.07, 6.45) is 0.948. The smallest absolute Gasteiger partial charge is 0.354 e. The van der Waals surface area contributed by atoms with E-state index in [1.165, 1.54) is 0 Å². The van der Waals surface area contributed by atoms with Crippen LogP contribution >= 0.6 is 0 Å². The number of nitrogens with zero attached hydrogens (tertiary/aromatic N) is 2. The molecule has 0 saturated heterocycles. The number of nitro groups is 1. The Labute approximate surface area is 115 Å². The van der Waals surface area contributed by atoms with Gasteiger partial charge in [-0.05, 0) is 25.8 Å². The first kappa shape index (κ1) is 15.8. The molecule has 3 N–H and O–H groups in total. The molecule has 0 saturated carbocycles. The van der Waals surface area contributed by atoms with E-state index in [1.807, 2.05) is 6.92 Å². The predicted octanol–water partition coefficient (Wildman–Crippen LogP) is 1.65. The van der Waals surface area contributed by atoms with Crippen molar-refractivity contribution in [3.05, 3.63) is 27.9 Å². The molecule has 0 fully saturated rings. The second kappa shape index (κ2) is 6.29. The largest absolute Gasteiger partial charge is 0.477 e. The van der Waals surface area contributed by atoms with E-state index in [1.54, 1.807) is 6.92 Å². The maximum Gasteiger partial charge on any atom is 0.354 e. The lowest BCUT2D eigenvalue weighted by Crippen LogP contribution is -2.35. The Hall–Kier alpha value is -2.22.